The molecule has 0 spiro atoms. The van der Waals surface area contributed by atoms with Crippen LogP contribution in [0.1, 0.15) is 4.88 Å². The number of methoxy groups -OCH3 is 1. The molecule has 0 saturated carbocycles. The number of thiophene rings is 1. The van der Waals surface area contributed by atoms with Gasteiger partial charge in [0.2, 0.25) is 0 Å². The van der Waals surface area contributed by atoms with Crippen molar-refractivity contribution in [1.82, 2.24) is 9.97 Å². The predicted octanol–water partition coefficient (Wildman–Crippen LogP) is 3.74. The van der Waals surface area contributed by atoms with Gasteiger partial charge in [-0.25, -0.2) is 4.98 Å². The number of nitrogens with zero attached hydrogens (tertiary/aromatic N) is 2. The molecule has 0 atom stereocenters. The number of aryl methyl sites for hydroxylation is 1. The van der Waals surface area contributed by atoms with E-state index in [0.717, 1.165) is 15.8 Å². The maximum absolute atomic E-state index is 5.18. The zero-order valence-electron chi connectivity index (χ0n) is 9.43. The molecule has 5 heteroatoms. The van der Waals surface area contributed by atoms with Crippen LogP contribution in [0.15, 0.2) is 24.5 Å². The highest BCUT2D eigenvalue weighted by molar-refractivity contribution is 7.21. The van der Waals surface area contributed by atoms with Gasteiger partial charge in [0.05, 0.1) is 18.0 Å². The molecule has 86 valence electrons. The molecular weight excluding hydrogens is 252 g/mol. The number of hydrogen-bond donors (Lipinski definition) is 0. The van der Waals surface area contributed by atoms with E-state index in [1.165, 1.54) is 9.75 Å². The third-order valence-electron chi connectivity index (χ3n) is 2.46. The first-order chi connectivity index (χ1) is 8.28. The Morgan fingerprint density at radius 3 is 2.76 bits per heavy atom. The van der Waals surface area contributed by atoms with Crippen LogP contribution in [0.25, 0.3) is 20.7 Å². The van der Waals surface area contributed by atoms with Crippen LogP contribution in [0.5, 0.6) is 5.19 Å². The van der Waals surface area contributed by atoms with Crippen molar-refractivity contribution in [2.24, 2.45) is 0 Å². The smallest absolute Gasteiger partial charge is 0.274 e. The third kappa shape index (κ3) is 1.81. The van der Waals surface area contributed by atoms with Crippen LogP contribution in [0.3, 0.4) is 0 Å². The summed E-state index contributed by atoms with van der Waals surface area (Å²) in [4.78, 5) is 11.1. The van der Waals surface area contributed by atoms with Crippen molar-refractivity contribution < 1.29 is 4.74 Å². The number of pyridine rings is 1. The molecule has 3 rings (SSSR count). The summed E-state index contributed by atoms with van der Waals surface area (Å²) in [6.45, 7) is 2.11. The van der Waals surface area contributed by atoms with E-state index in [1.54, 1.807) is 36.0 Å². The number of fused-ring (bicyclic) bond motifs is 1. The van der Waals surface area contributed by atoms with Gasteiger partial charge in [-0.05, 0) is 19.1 Å². The standard InChI is InChI=1S/C12H10N2OS2/c1-7-3-4-10(16-7)8-5-13-6-9-11(8)17-12(14-9)15-2/h3-6H,1-2H3. The largest absolute Gasteiger partial charge is 0.473 e. The Bertz CT molecular complexity index is 672. The van der Waals surface area contributed by atoms with Gasteiger partial charge in [0.1, 0.15) is 5.52 Å². The Hall–Kier alpha value is -1.46. The monoisotopic (exact) mass is 262 g/mol. The van der Waals surface area contributed by atoms with Gasteiger partial charge < -0.3 is 4.74 Å². The molecule has 0 radical (unpaired) electrons. The van der Waals surface area contributed by atoms with Gasteiger partial charge in [-0.3, -0.25) is 4.98 Å². The summed E-state index contributed by atoms with van der Waals surface area (Å²) in [5, 5.41) is 0.683. The van der Waals surface area contributed by atoms with Gasteiger partial charge in [0.15, 0.2) is 0 Å². The second kappa shape index (κ2) is 4.09. The van der Waals surface area contributed by atoms with Crippen molar-refractivity contribution in [3.63, 3.8) is 0 Å². The molecule has 0 saturated heterocycles. The summed E-state index contributed by atoms with van der Waals surface area (Å²) < 4.78 is 6.32. The van der Waals surface area contributed by atoms with Crippen LogP contribution < -0.4 is 4.74 Å². The molecule has 0 fully saturated rings. The second-order valence-electron chi connectivity index (χ2n) is 3.63. The van der Waals surface area contributed by atoms with E-state index in [9.17, 15) is 0 Å². The van der Waals surface area contributed by atoms with Gasteiger partial charge in [-0.15, -0.1) is 11.3 Å². The van der Waals surface area contributed by atoms with Gasteiger partial charge in [-0.2, -0.15) is 0 Å². The zero-order chi connectivity index (χ0) is 11.8. The van der Waals surface area contributed by atoms with Crippen molar-refractivity contribution in [2.45, 2.75) is 6.92 Å². The highest BCUT2D eigenvalue weighted by atomic mass is 32.1. The first kappa shape index (κ1) is 10.7. The van der Waals surface area contributed by atoms with Gasteiger partial charge in [-0.1, -0.05) is 11.3 Å². The van der Waals surface area contributed by atoms with E-state index < -0.39 is 0 Å². The van der Waals surface area contributed by atoms with Crippen molar-refractivity contribution in [3.05, 3.63) is 29.4 Å². The first-order valence-corrected chi connectivity index (χ1v) is 6.76. The van der Waals surface area contributed by atoms with Crippen molar-refractivity contribution in [2.75, 3.05) is 7.11 Å². The molecule has 17 heavy (non-hydrogen) atoms. The summed E-state index contributed by atoms with van der Waals surface area (Å²) in [5.74, 6) is 0. The Morgan fingerprint density at radius 1 is 1.18 bits per heavy atom. The summed E-state index contributed by atoms with van der Waals surface area (Å²) in [6.07, 6.45) is 3.67. The fourth-order valence-electron chi connectivity index (χ4n) is 1.68. The molecule has 3 nitrogen and oxygen atoms in total. The van der Waals surface area contributed by atoms with E-state index in [1.807, 2.05) is 6.20 Å². The molecule has 3 heterocycles. The third-order valence-corrected chi connectivity index (χ3v) is 4.56. The van der Waals surface area contributed by atoms with Crippen molar-refractivity contribution in [3.8, 4) is 15.6 Å². The zero-order valence-corrected chi connectivity index (χ0v) is 11.1. The molecule has 0 bridgehead atoms. The highest BCUT2D eigenvalue weighted by Crippen LogP contribution is 2.37. The summed E-state index contributed by atoms with van der Waals surface area (Å²) in [6, 6.07) is 4.25. The molecule has 0 N–H and O–H groups in total. The van der Waals surface area contributed by atoms with E-state index in [2.05, 4.69) is 29.0 Å². The Labute approximate surface area is 107 Å². The number of ether oxygens (including phenoxy) is 1. The Balaban J connectivity index is 2.25. The molecule has 0 unspecified atom stereocenters. The minimum absolute atomic E-state index is 0.683. The van der Waals surface area contributed by atoms with Crippen molar-refractivity contribution in [1.29, 1.82) is 0 Å². The number of aromatic nitrogens is 2. The molecule has 0 amide bonds. The van der Waals surface area contributed by atoms with E-state index in [4.69, 9.17) is 4.74 Å². The maximum atomic E-state index is 5.18. The lowest BCUT2D eigenvalue weighted by Crippen LogP contribution is -1.79. The molecule has 0 aliphatic rings. The van der Waals surface area contributed by atoms with Gasteiger partial charge in [0.25, 0.3) is 5.19 Å². The maximum Gasteiger partial charge on any atom is 0.274 e. The fourth-order valence-corrected chi connectivity index (χ4v) is 3.50. The number of rotatable bonds is 2. The Morgan fingerprint density at radius 2 is 2.06 bits per heavy atom. The summed E-state index contributed by atoms with van der Waals surface area (Å²) in [7, 11) is 1.64. The summed E-state index contributed by atoms with van der Waals surface area (Å²) >= 11 is 3.33. The molecule has 3 aromatic heterocycles. The van der Waals surface area contributed by atoms with Crippen LogP contribution in [-0.2, 0) is 0 Å². The fraction of sp³-hybridized carbons (Fsp3) is 0.167. The quantitative estimate of drug-likeness (QED) is 0.705. The topological polar surface area (TPSA) is 35.0 Å². The van der Waals surface area contributed by atoms with Gasteiger partial charge in [0, 0.05) is 21.5 Å². The van der Waals surface area contributed by atoms with Gasteiger partial charge >= 0.3 is 0 Å². The molecule has 0 aliphatic carbocycles. The lowest BCUT2D eigenvalue weighted by Gasteiger charge is -1.96. The van der Waals surface area contributed by atoms with Crippen LogP contribution >= 0.6 is 22.7 Å². The highest BCUT2D eigenvalue weighted by Gasteiger charge is 2.11. The van der Waals surface area contributed by atoms with E-state index in [-0.39, 0.29) is 0 Å². The normalized spacial score (nSPS) is 10.9. The lowest BCUT2D eigenvalue weighted by atomic mass is 10.2. The lowest BCUT2D eigenvalue weighted by molar-refractivity contribution is 0.413. The van der Waals surface area contributed by atoms with Crippen LogP contribution in [0, 0.1) is 6.92 Å². The number of hydrogen-bond acceptors (Lipinski definition) is 5. The van der Waals surface area contributed by atoms with Crippen LogP contribution in [0.2, 0.25) is 0 Å². The predicted molar refractivity (Wildman–Crippen MR) is 72.0 cm³/mol. The van der Waals surface area contributed by atoms with Crippen molar-refractivity contribution >= 4 is 32.9 Å². The molecule has 3 aromatic rings. The van der Waals surface area contributed by atoms with Crippen LogP contribution in [-0.4, -0.2) is 17.1 Å². The second-order valence-corrected chi connectivity index (χ2v) is 5.88. The average Bonchev–Trinajstić information content (AvgIpc) is 2.93. The Kier molecular flexibility index (Phi) is 2.57. The molecular formula is C12H10N2OS2. The molecule has 0 aromatic carbocycles. The van der Waals surface area contributed by atoms with Crippen LogP contribution in [0.4, 0.5) is 0 Å². The SMILES string of the molecule is COc1nc2cncc(-c3ccc(C)s3)c2s1. The summed E-state index contributed by atoms with van der Waals surface area (Å²) in [5.41, 5.74) is 2.04. The minimum atomic E-state index is 0.683. The molecule has 0 aliphatic heterocycles. The number of thiazole rings is 1. The minimum Gasteiger partial charge on any atom is -0.473 e. The average molecular weight is 262 g/mol. The van der Waals surface area contributed by atoms with E-state index in [0.29, 0.717) is 5.19 Å². The first-order valence-electron chi connectivity index (χ1n) is 5.13. The van der Waals surface area contributed by atoms with E-state index >= 15 is 0 Å².